The largest absolute Gasteiger partial charge is 0.454 e. The summed E-state index contributed by atoms with van der Waals surface area (Å²) in [6, 6.07) is 14.1. The number of amides is 2. The molecule has 0 atom stereocenters. The molecule has 0 aliphatic heterocycles. The van der Waals surface area contributed by atoms with Crippen LogP contribution >= 0.6 is 23.2 Å². The summed E-state index contributed by atoms with van der Waals surface area (Å²) in [5.74, 6) is -1.68. The van der Waals surface area contributed by atoms with Crippen LogP contribution in [0.5, 0.6) is 0 Å². The van der Waals surface area contributed by atoms with Crippen LogP contribution in [-0.2, 0) is 20.7 Å². The molecule has 2 aromatic carbocycles. The summed E-state index contributed by atoms with van der Waals surface area (Å²) < 4.78 is 4.82. The maximum Gasteiger partial charge on any atom is 0.325 e. The van der Waals surface area contributed by atoms with Gasteiger partial charge in [-0.2, -0.15) is 0 Å². The molecular weight excluding hydrogens is 391 g/mol. The molecule has 0 radical (unpaired) electrons. The Morgan fingerprint density at radius 1 is 0.963 bits per heavy atom. The first kappa shape index (κ1) is 20.7. The average molecular weight is 409 g/mol. The van der Waals surface area contributed by atoms with E-state index in [0.29, 0.717) is 18.0 Å². The Labute approximate surface area is 166 Å². The van der Waals surface area contributed by atoms with Gasteiger partial charge in [0.15, 0.2) is 6.61 Å². The lowest BCUT2D eigenvalue weighted by Gasteiger charge is -2.08. The van der Waals surface area contributed by atoms with Crippen LogP contribution < -0.4 is 10.6 Å². The van der Waals surface area contributed by atoms with Gasteiger partial charge in [-0.15, -0.1) is 0 Å². The lowest BCUT2D eigenvalue weighted by Crippen LogP contribution is -2.34. The summed E-state index contributed by atoms with van der Waals surface area (Å²) in [5, 5.41) is 5.60. The molecule has 8 heteroatoms. The minimum atomic E-state index is -0.730. The van der Waals surface area contributed by atoms with Gasteiger partial charge in [0.25, 0.3) is 11.8 Å². The van der Waals surface area contributed by atoms with Crippen LogP contribution in [0.4, 0.5) is 0 Å². The standard InChI is InChI=1S/C19H18Cl2N2O4/c20-14-6-7-15(16(21)10-14)19(26)23-11-18(25)27-12-17(24)22-9-8-13-4-2-1-3-5-13/h1-7,10H,8-9,11-12H2,(H,22,24)(H,23,26). The smallest absolute Gasteiger partial charge is 0.325 e. The van der Waals surface area contributed by atoms with Crippen molar-refractivity contribution in [2.24, 2.45) is 0 Å². The first-order valence-corrected chi connectivity index (χ1v) is 8.91. The van der Waals surface area contributed by atoms with Crippen molar-refractivity contribution in [1.82, 2.24) is 10.6 Å². The van der Waals surface area contributed by atoms with E-state index in [1.54, 1.807) is 0 Å². The second-order valence-electron chi connectivity index (χ2n) is 5.55. The van der Waals surface area contributed by atoms with Crippen LogP contribution in [0.25, 0.3) is 0 Å². The minimum Gasteiger partial charge on any atom is -0.454 e. The van der Waals surface area contributed by atoms with Gasteiger partial charge in [-0.05, 0) is 30.2 Å². The Morgan fingerprint density at radius 3 is 2.41 bits per heavy atom. The number of halogens is 2. The third-order valence-corrected chi connectivity index (χ3v) is 4.06. The molecule has 0 fully saturated rings. The highest BCUT2D eigenvalue weighted by atomic mass is 35.5. The van der Waals surface area contributed by atoms with Crippen LogP contribution in [0.2, 0.25) is 10.0 Å². The summed E-state index contributed by atoms with van der Waals surface area (Å²) in [6.45, 7) is -0.355. The normalized spacial score (nSPS) is 10.1. The van der Waals surface area contributed by atoms with Crippen molar-refractivity contribution in [3.8, 4) is 0 Å². The van der Waals surface area contributed by atoms with Crippen molar-refractivity contribution >= 4 is 41.0 Å². The van der Waals surface area contributed by atoms with Crippen LogP contribution in [0.3, 0.4) is 0 Å². The van der Waals surface area contributed by atoms with E-state index in [0.717, 1.165) is 5.56 Å². The van der Waals surface area contributed by atoms with Gasteiger partial charge >= 0.3 is 5.97 Å². The summed E-state index contributed by atoms with van der Waals surface area (Å²) in [6.07, 6.45) is 0.679. The Kier molecular flexibility index (Phi) is 8.10. The van der Waals surface area contributed by atoms with Gasteiger partial charge in [0, 0.05) is 11.6 Å². The molecular formula is C19H18Cl2N2O4. The van der Waals surface area contributed by atoms with Crippen molar-refractivity contribution in [2.75, 3.05) is 19.7 Å². The van der Waals surface area contributed by atoms with Crippen molar-refractivity contribution < 1.29 is 19.1 Å². The average Bonchev–Trinajstić information content (AvgIpc) is 2.65. The number of nitrogens with one attached hydrogen (secondary N) is 2. The first-order chi connectivity index (χ1) is 13.0. The maximum atomic E-state index is 12.0. The van der Waals surface area contributed by atoms with Gasteiger partial charge in [-0.1, -0.05) is 53.5 Å². The van der Waals surface area contributed by atoms with Crippen LogP contribution in [0, 0.1) is 0 Å². The van der Waals surface area contributed by atoms with E-state index in [1.807, 2.05) is 30.3 Å². The van der Waals surface area contributed by atoms with E-state index in [9.17, 15) is 14.4 Å². The predicted molar refractivity (Wildman–Crippen MR) is 103 cm³/mol. The fourth-order valence-electron chi connectivity index (χ4n) is 2.16. The molecule has 27 heavy (non-hydrogen) atoms. The molecule has 0 aliphatic carbocycles. The number of benzene rings is 2. The van der Waals surface area contributed by atoms with E-state index < -0.39 is 24.4 Å². The molecule has 2 aromatic rings. The quantitative estimate of drug-likeness (QED) is 0.657. The Morgan fingerprint density at radius 2 is 1.70 bits per heavy atom. The Balaban J connectivity index is 1.65. The number of hydrogen-bond acceptors (Lipinski definition) is 4. The summed E-state index contributed by atoms with van der Waals surface area (Å²) in [5.41, 5.74) is 1.28. The molecule has 2 N–H and O–H groups in total. The SMILES string of the molecule is O=C(COC(=O)CNC(=O)c1ccc(Cl)cc1Cl)NCCc1ccccc1. The van der Waals surface area contributed by atoms with Crippen LogP contribution in [-0.4, -0.2) is 37.5 Å². The lowest BCUT2D eigenvalue weighted by atomic mass is 10.1. The maximum absolute atomic E-state index is 12.0. The fraction of sp³-hybridized carbons (Fsp3) is 0.211. The summed E-state index contributed by atoms with van der Waals surface area (Å²) in [7, 11) is 0. The van der Waals surface area contributed by atoms with E-state index in [2.05, 4.69) is 10.6 Å². The van der Waals surface area contributed by atoms with Crippen LogP contribution in [0.1, 0.15) is 15.9 Å². The Hall–Kier alpha value is -2.57. The van der Waals surface area contributed by atoms with Crippen molar-refractivity contribution in [1.29, 1.82) is 0 Å². The van der Waals surface area contributed by atoms with E-state index in [-0.39, 0.29) is 17.1 Å². The van der Waals surface area contributed by atoms with Crippen molar-refractivity contribution in [2.45, 2.75) is 6.42 Å². The second kappa shape index (κ2) is 10.5. The van der Waals surface area contributed by atoms with Gasteiger partial charge in [0.05, 0.1) is 10.6 Å². The van der Waals surface area contributed by atoms with E-state index >= 15 is 0 Å². The second-order valence-corrected chi connectivity index (χ2v) is 6.40. The zero-order valence-electron chi connectivity index (χ0n) is 14.3. The number of carbonyl (C=O) groups is 3. The molecule has 0 saturated heterocycles. The highest BCUT2D eigenvalue weighted by Gasteiger charge is 2.13. The molecule has 0 aromatic heterocycles. The first-order valence-electron chi connectivity index (χ1n) is 8.15. The fourth-order valence-corrected chi connectivity index (χ4v) is 2.65. The van der Waals surface area contributed by atoms with Gasteiger partial charge < -0.3 is 15.4 Å². The zero-order chi connectivity index (χ0) is 19.6. The summed E-state index contributed by atoms with van der Waals surface area (Å²) in [4.78, 5) is 35.3. The zero-order valence-corrected chi connectivity index (χ0v) is 15.8. The molecule has 0 bridgehead atoms. The highest BCUT2D eigenvalue weighted by molar-refractivity contribution is 6.36. The highest BCUT2D eigenvalue weighted by Crippen LogP contribution is 2.20. The lowest BCUT2D eigenvalue weighted by molar-refractivity contribution is -0.147. The van der Waals surface area contributed by atoms with Crippen molar-refractivity contribution in [3.05, 3.63) is 69.7 Å². The number of hydrogen-bond donors (Lipinski definition) is 2. The Bertz CT molecular complexity index is 813. The molecule has 0 heterocycles. The van der Waals surface area contributed by atoms with Gasteiger partial charge in [-0.25, -0.2) is 0 Å². The monoisotopic (exact) mass is 408 g/mol. The van der Waals surface area contributed by atoms with Gasteiger partial charge in [0.1, 0.15) is 6.54 Å². The van der Waals surface area contributed by atoms with Gasteiger partial charge in [0.2, 0.25) is 0 Å². The minimum absolute atomic E-state index is 0.172. The van der Waals surface area contributed by atoms with E-state index in [4.69, 9.17) is 27.9 Å². The predicted octanol–water partition coefficient (Wildman–Crippen LogP) is 2.63. The molecule has 6 nitrogen and oxygen atoms in total. The number of carbonyl (C=O) groups excluding carboxylic acids is 3. The van der Waals surface area contributed by atoms with E-state index in [1.165, 1.54) is 18.2 Å². The van der Waals surface area contributed by atoms with Gasteiger partial charge in [-0.3, -0.25) is 14.4 Å². The molecule has 0 saturated carbocycles. The molecule has 0 spiro atoms. The molecule has 2 rings (SSSR count). The third kappa shape index (κ3) is 7.29. The number of esters is 1. The van der Waals surface area contributed by atoms with Crippen LogP contribution in [0.15, 0.2) is 48.5 Å². The molecule has 142 valence electrons. The molecule has 0 unspecified atom stereocenters. The molecule has 0 aliphatic rings. The molecule has 2 amide bonds. The number of rotatable bonds is 8. The summed E-state index contributed by atoms with van der Waals surface area (Å²) >= 11 is 11.7. The third-order valence-electron chi connectivity index (χ3n) is 3.51. The topological polar surface area (TPSA) is 84.5 Å². The van der Waals surface area contributed by atoms with Crippen molar-refractivity contribution in [3.63, 3.8) is 0 Å². The number of ether oxygens (including phenoxy) is 1.